The van der Waals surface area contributed by atoms with E-state index in [-0.39, 0.29) is 0 Å². The van der Waals surface area contributed by atoms with Crippen molar-refractivity contribution in [3.63, 3.8) is 0 Å². The highest BCUT2D eigenvalue weighted by Crippen LogP contribution is 1.96. The van der Waals surface area contributed by atoms with Gasteiger partial charge in [0.05, 0.1) is 13.4 Å². The first-order chi connectivity index (χ1) is 3.81. The molecule has 0 heterocycles. The maximum atomic E-state index is 4.67. The summed E-state index contributed by atoms with van der Waals surface area (Å²) in [6.07, 6.45) is 4.48. The third-order valence-corrected chi connectivity index (χ3v) is 0.894. The summed E-state index contributed by atoms with van der Waals surface area (Å²) in [6, 6.07) is 0. The summed E-state index contributed by atoms with van der Waals surface area (Å²) in [4.78, 5) is 0. The van der Waals surface area contributed by atoms with Crippen LogP contribution in [-0.4, -0.2) is 7.11 Å². The molecular formula is C7H12O. The van der Waals surface area contributed by atoms with Crippen LogP contribution in [0.5, 0.6) is 0 Å². The zero-order valence-electron chi connectivity index (χ0n) is 5.48. The van der Waals surface area contributed by atoms with E-state index in [4.69, 9.17) is 0 Å². The van der Waals surface area contributed by atoms with Crippen molar-refractivity contribution in [1.29, 1.82) is 0 Å². The van der Waals surface area contributed by atoms with E-state index in [1.54, 1.807) is 13.4 Å². The van der Waals surface area contributed by atoms with Crippen molar-refractivity contribution < 1.29 is 4.74 Å². The van der Waals surface area contributed by atoms with Crippen molar-refractivity contribution in [2.24, 2.45) is 0 Å². The molecule has 8 heavy (non-hydrogen) atoms. The average molecular weight is 112 g/mol. The monoisotopic (exact) mass is 112 g/mol. The van der Waals surface area contributed by atoms with Crippen LogP contribution in [0.2, 0.25) is 0 Å². The van der Waals surface area contributed by atoms with Crippen LogP contribution in [0.1, 0.15) is 13.3 Å². The van der Waals surface area contributed by atoms with Gasteiger partial charge in [-0.05, 0) is 12.5 Å². The molecule has 0 spiro atoms. The summed E-state index contributed by atoms with van der Waals surface area (Å²) in [5.74, 6) is 0. The van der Waals surface area contributed by atoms with Gasteiger partial charge in [0, 0.05) is 0 Å². The van der Waals surface area contributed by atoms with Gasteiger partial charge in [-0.2, -0.15) is 0 Å². The minimum absolute atomic E-state index is 0.986. The zero-order chi connectivity index (χ0) is 6.41. The van der Waals surface area contributed by atoms with Crippen LogP contribution in [0.4, 0.5) is 0 Å². The molecule has 0 saturated heterocycles. The molecule has 0 aliphatic carbocycles. The molecule has 0 aromatic carbocycles. The maximum Gasteiger partial charge on any atom is 0.0827 e. The smallest absolute Gasteiger partial charge is 0.0827 e. The molecule has 0 fully saturated rings. The number of allylic oxidation sites excluding steroid dienone is 2. The number of methoxy groups -OCH3 is 1. The molecule has 46 valence electrons. The minimum Gasteiger partial charge on any atom is -0.504 e. The highest BCUT2D eigenvalue weighted by Gasteiger charge is 1.77. The van der Waals surface area contributed by atoms with E-state index in [0.717, 1.165) is 12.0 Å². The van der Waals surface area contributed by atoms with Gasteiger partial charge in [-0.1, -0.05) is 19.1 Å². The van der Waals surface area contributed by atoms with Gasteiger partial charge in [-0.3, -0.25) is 0 Å². The Hall–Kier alpha value is -0.720. The van der Waals surface area contributed by atoms with Crippen molar-refractivity contribution in [2.75, 3.05) is 7.11 Å². The Bertz CT molecular complexity index is 92.6. The van der Waals surface area contributed by atoms with Gasteiger partial charge in [0.25, 0.3) is 0 Å². The van der Waals surface area contributed by atoms with E-state index in [2.05, 4.69) is 18.2 Å². The van der Waals surface area contributed by atoms with Crippen LogP contribution < -0.4 is 0 Å². The lowest BCUT2D eigenvalue weighted by atomic mass is 10.2. The Morgan fingerprint density at radius 1 is 1.75 bits per heavy atom. The molecule has 0 aromatic heterocycles. The molecular weight excluding hydrogens is 100 g/mol. The maximum absolute atomic E-state index is 4.67. The lowest BCUT2D eigenvalue weighted by Crippen LogP contribution is -1.70. The van der Waals surface area contributed by atoms with Gasteiger partial charge >= 0.3 is 0 Å². The van der Waals surface area contributed by atoms with Crippen LogP contribution >= 0.6 is 0 Å². The fraction of sp³-hybridized carbons (Fsp3) is 0.429. The first kappa shape index (κ1) is 7.28. The Morgan fingerprint density at radius 3 is 2.75 bits per heavy atom. The molecule has 0 aliphatic rings. The standard InChI is InChI=1S/C7H12O/c1-4-7(2)5-6-8-3/h5-6H,2,4H2,1,3H3/b6-5-. The van der Waals surface area contributed by atoms with Gasteiger partial charge in [0.15, 0.2) is 0 Å². The first-order valence-electron chi connectivity index (χ1n) is 2.68. The van der Waals surface area contributed by atoms with Crippen LogP contribution in [0, 0.1) is 0 Å². The van der Waals surface area contributed by atoms with Gasteiger partial charge < -0.3 is 4.74 Å². The van der Waals surface area contributed by atoms with Crippen LogP contribution in [0.3, 0.4) is 0 Å². The fourth-order valence-electron chi connectivity index (χ4n) is 0.282. The Kier molecular flexibility index (Phi) is 4.04. The van der Waals surface area contributed by atoms with E-state index in [1.165, 1.54) is 0 Å². The molecule has 1 heteroatoms. The predicted octanol–water partition coefficient (Wildman–Crippen LogP) is 2.11. The molecule has 0 amide bonds. The van der Waals surface area contributed by atoms with Crippen LogP contribution in [0.15, 0.2) is 24.5 Å². The van der Waals surface area contributed by atoms with Crippen LogP contribution in [0.25, 0.3) is 0 Å². The summed E-state index contributed by atoms with van der Waals surface area (Å²) in [6.45, 7) is 5.80. The summed E-state index contributed by atoms with van der Waals surface area (Å²) in [5, 5.41) is 0. The molecule has 0 bridgehead atoms. The normalized spacial score (nSPS) is 9.75. The van der Waals surface area contributed by atoms with Crippen molar-refractivity contribution in [2.45, 2.75) is 13.3 Å². The second-order valence-corrected chi connectivity index (χ2v) is 1.55. The molecule has 0 unspecified atom stereocenters. The zero-order valence-corrected chi connectivity index (χ0v) is 5.48. The molecule has 0 radical (unpaired) electrons. The van der Waals surface area contributed by atoms with Gasteiger partial charge in [-0.25, -0.2) is 0 Å². The molecule has 0 saturated carbocycles. The van der Waals surface area contributed by atoms with E-state index in [1.807, 2.05) is 6.08 Å². The van der Waals surface area contributed by atoms with E-state index < -0.39 is 0 Å². The summed E-state index contributed by atoms with van der Waals surface area (Å²) in [7, 11) is 1.62. The third-order valence-electron chi connectivity index (χ3n) is 0.894. The Morgan fingerprint density at radius 2 is 2.38 bits per heavy atom. The van der Waals surface area contributed by atoms with Crippen LogP contribution in [-0.2, 0) is 4.74 Å². The second-order valence-electron chi connectivity index (χ2n) is 1.55. The SMILES string of the molecule is C=C(/C=C\OC)CC. The van der Waals surface area contributed by atoms with Gasteiger partial charge in [0.1, 0.15) is 0 Å². The second kappa shape index (κ2) is 4.44. The quantitative estimate of drug-likeness (QED) is 0.401. The summed E-state index contributed by atoms with van der Waals surface area (Å²) in [5.41, 5.74) is 1.09. The number of rotatable bonds is 3. The van der Waals surface area contributed by atoms with E-state index in [9.17, 15) is 0 Å². The summed E-state index contributed by atoms with van der Waals surface area (Å²) < 4.78 is 4.67. The molecule has 0 rings (SSSR count). The highest BCUT2D eigenvalue weighted by atomic mass is 16.5. The number of ether oxygens (including phenoxy) is 1. The first-order valence-corrected chi connectivity index (χ1v) is 2.68. The average Bonchev–Trinajstić information content (AvgIpc) is 1.83. The van der Waals surface area contributed by atoms with Crippen molar-refractivity contribution in [3.8, 4) is 0 Å². The van der Waals surface area contributed by atoms with E-state index in [0.29, 0.717) is 0 Å². The number of hydrogen-bond acceptors (Lipinski definition) is 1. The Labute approximate surface area is 50.7 Å². The Balaban J connectivity index is 3.37. The molecule has 0 aromatic rings. The minimum atomic E-state index is 0.986. The molecule has 0 atom stereocenters. The largest absolute Gasteiger partial charge is 0.504 e. The predicted molar refractivity (Wildman–Crippen MR) is 35.6 cm³/mol. The van der Waals surface area contributed by atoms with Crippen molar-refractivity contribution in [1.82, 2.24) is 0 Å². The topological polar surface area (TPSA) is 9.23 Å². The van der Waals surface area contributed by atoms with E-state index >= 15 is 0 Å². The van der Waals surface area contributed by atoms with Crippen molar-refractivity contribution >= 4 is 0 Å². The lowest BCUT2D eigenvalue weighted by Gasteiger charge is -1.89. The molecule has 0 aliphatic heterocycles. The summed E-state index contributed by atoms with van der Waals surface area (Å²) >= 11 is 0. The van der Waals surface area contributed by atoms with Crippen molar-refractivity contribution in [3.05, 3.63) is 24.5 Å². The van der Waals surface area contributed by atoms with Gasteiger partial charge in [-0.15, -0.1) is 0 Å². The number of hydrogen-bond donors (Lipinski definition) is 0. The van der Waals surface area contributed by atoms with Gasteiger partial charge in [0.2, 0.25) is 0 Å². The molecule has 1 nitrogen and oxygen atoms in total. The third kappa shape index (κ3) is 3.47. The lowest BCUT2D eigenvalue weighted by molar-refractivity contribution is 0.337. The highest BCUT2D eigenvalue weighted by molar-refractivity contribution is 5.11. The molecule has 0 N–H and O–H groups in total. The fourth-order valence-corrected chi connectivity index (χ4v) is 0.282.